The number of piperazine rings is 1. The fourth-order valence-electron chi connectivity index (χ4n) is 2.82. The van der Waals surface area contributed by atoms with E-state index in [0.29, 0.717) is 39.5 Å². The molecule has 1 unspecified atom stereocenters. The Morgan fingerprint density at radius 3 is 2.54 bits per heavy atom. The van der Waals surface area contributed by atoms with Gasteiger partial charge in [-0.15, -0.1) is 0 Å². The van der Waals surface area contributed by atoms with Crippen molar-refractivity contribution in [3.05, 3.63) is 57.5 Å². The first-order valence-electron chi connectivity index (χ1n) is 7.96. The van der Waals surface area contributed by atoms with E-state index in [1.165, 1.54) is 4.90 Å². The summed E-state index contributed by atoms with van der Waals surface area (Å²) >= 11 is 17.9. The Bertz CT molecular complexity index is 859. The van der Waals surface area contributed by atoms with Gasteiger partial charge in [0.2, 0.25) is 5.91 Å². The molecule has 136 valence electrons. The molecule has 1 heterocycles. The van der Waals surface area contributed by atoms with Crippen molar-refractivity contribution in [2.75, 3.05) is 23.3 Å². The zero-order valence-corrected chi connectivity index (χ0v) is 16.1. The van der Waals surface area contributed by atoms with Gasteiger partial charge in [0.25, 0.3) is 0 Å². The number of halogens is 3. The number of rotatable bonds is 2. The van der Waals surface area contributed by atoms with E-state index in [0.717, 1.165) is 0 Å². The molecular formula is C18H16Cl3N3O2. The second-order valence-corrected chi connectivity index (χ2v) is 7.15. The molecule has 3 amide bonds. The quantitative estimate of drug-likeness (QED) is 0.761. The monoisotopic (exact) mass is 411 g/mol. The first-order chi connectivity index (χ1) is 12.4. The van der Waals surface area contributed by atoms with Gasteiger partial charge in [-0.05, 0) is 43.3 Å². The number of hydrogen-bond acceptors (Lipinski definition) is 2. The Balaban J connectivity index is 1.72. The van der Waals surface area contributed by atoms with E-state index in [9.17, 15) is 9.59 Å². The molecule has 0 saturated carbocycles. The van der Waals surface area contributed by atoms with Crippen LogP contribution in [0.2, 0.25) is 15.1 Å². The van der Waals surface area contributed by atoms with Crippen LogP contribution in [0.1, 0.15) is 6.92 Å². The molecule has 2 aromatic rings. The van der Waals surface area contributed by atoms with Crippen LogP contribution in [-0.4, -0.2) is 36.0 Å². The van der Waals surface area contributed by atoms with E-state index in [2.05, 4.69) is 5.32 Å². The Hall–Kier alpha value is -1.95. The number of benzene rings is 2. The zero-order chi connectivity index (χ0) is 18.8. The molecule has 8 heteroatoms. The van der Waals surface area contributed by atoms with E-state index >= 15 is 0 Å². The lowest BCUT2D eigenvalue weighted by molar-refractivity contribution is -0.123. The van der Waals surface area contributed by atoms with Gasteiger partial charge in [0.15, 0.2) is 0 Å². The highest BCUT2D eigenvalue weighted by Gasteiger charge is 2.35. The number of carbonyl (C=O) groups excluding carboxylic acids is 2. The zero-order valence-electron chi connectivity index (χ0n) is 13.9. The second kappa shape index (κ2) is 7.74. The van der Waals surface area contributed by atoms with Crippen molar-refractivity contribution < 1.29 is 9.59 Å². The molecule has 26 heavy (non-hydrogen) atoms. The number of nitrogens with one attached hydrogen (secondary N) is 1. The van der Waals surface area contributed by atoms with Crippen LogP contribution in [0, 0.1) is 0 Å². The lowest BCUT2D eigenvalue weighted by Gasteiger charge is -2.39. The van der Waals surface area contributed by atoms with Gasteiger partial charge in [-0.1, -0.05) is 40.9 Å². The van der Waals surface area contributed by atoms with Crippen LogP contribution < -0.4 is 10.2 Å². The summed E-state index contributed by atoms with van der Waals surface area (Å²) in [4.78, 5) is 28.4. The van der Waals surface area contributed by atoms with E-state index in [-0.39, 0.29) is 11.9 Å². The predicted octanol–water partition coefficient (Wildman–Crippen LogP) is 4.92. The van der Waals surface area contributed by atoms with Crippen molar-refractivity contribution in [2.24, 2.45) is 0 Å². The van der Waals surface area contributed by atoms with Crippen molar-refractivity contribution in [3.8, 4) is 0 Å². The molecule has 0 aromatic heterocycles. The number of nitrogens with zero attached hydrogens (tertiary/aromatic N) is 2. The molecule has 1 fully saturated rings. The summed E-state index contributed by atoms with van der Waals surface area (Å²) in [5.41, 5.74) is 1.24. The SMILES string of the molecule is CC1C(=O)N(c2ccc(Cl)c(Cl)c2)CCN1C(=O)Nc1cccc(Cl)c1. The molecule has 1 aliphatic rings. The van der Waals surface area contributed by atoms with Gasteiger partial charge in [0, 0.05) is 29.5 Å². The number of amides is 3. The van der Waals surface area contributed by atoms with Crippen LogP contribution in [0.15, 0.2) is 42.5 Å². The third kappa shape index (κ3) is 3.90. The average Bonchev–Trinajstić information content (AvgIpc) is 2.60. The normalized spacial score (nSPS) is 17.4. The molecule has 0 spiro atoms. The molecule has 0 bridgehead atoms. The predicted molar refractivity (Wildman–Crippen MR) is 105 cm³/mol. The highest BCUT2D eigenvalue weighted by molar-refractivity contribution is 6.42. The molecule has 1 saturated heterocycles. The van der Waals surface area contributed by atoms with Gasteiger partial charge in [0.05, 0.1) is 10.0 Å². The maximum Gasteiger partial charge on any atom is 0.322 e. The number of hydrogen-bond donors (Lipinski definition) is 1. The summed E-state index contributed by atoms with van der Waals surface area (Å²) in [6.45, 7) is 2.45. The van der Waals surface area contributed by atoms with E-state index in [1.807, 2.05) is 0 Å². The Morgan fingerprint density at radius 1 is 1.08 bits per heavy atom. The van der Waals surface area contributed by atoms with Crippen LogP contribution in [0.25, 0.3) is 0 Å². The van der Waals surface area contributed by atoms with Crippen LogP contribution in [0.4, 0.5) is 16.2 Å². The number of anilines is 2. The summed E-state index contributed by atoms with van der Waals surface area (Å²) < 4.78 is 0. The van der Waals surface area contributed by atoms with Crippen molar-refractivity contribution in [1.29, 1.82) is 0 Å². The van der Waals surface area contributed by atoms with Crippen LogP contribution >= 0.6 is 34.8 Å². The van der Waals surface area contributed by atoms with Gasteiger partial charge >= 0.3 is 6.03 Å². The van der Waals surface area contributed by atoms with Crippen molar-refractivity contribution in [3.63, 3.8) is 0 Å². The lowest BCUT2D eigenvalue weighted by Crippen LogP contribution is -2.58. The highest BCUT2D eigenvalue weighted by Crippen LogP contribution is 2.29. The minimum Gasteiger partial charge on any atom is -0.311 e. The molecular weight excluding hydrogens is 397 g/mol. The van der Waals surface area contributed by atoms with E-state index < -0.39 is 6.04 Å². The largest absolute Gasteiger partial charge is 0.322 e. The highest BCUT2D eigenvalue weighted by atomic mass is 35.5. The summed E-state index contributed by atoms with van der Waals surface area (Å²) in [5.74, 6) is -0.184. The van der Waals surface area contributed by atoms with Crippen LogP contribution in [-0.2, 0) is 4.79 Å². The maximum absolute atomic E-state index is 12.8. The van der Waals surface area contributed by atoms with Crippen molar-refractivity contribution >= 4 is 58.1 Å². The minimum absolute atomic E-state index is 0.184. The van der Waals surface area contributed by atoms with Crippen molar-refractivity contribution in [2.45, 2.75) is 13.0 Å². The molecule has 1 atom stereocenters. The molecule has 1 N–H and O–H groups in total. The molecule has 2 aromatic carbocycles. The van der Waals surface area contributed by atoms with Crippen LogP contribution in [0.3, 0.4) is 0 Å². The van der Waals surface area contributed by atoms with Gasteiger partial charge in [-0.2, -0.15) is 0 Å². The smallest absolute Gasteiger partial charge is 0.311 e. The average molecular weight is 413 g/mol. The van der Waals surface area contributed by atoms with Gasteiger partial charge in [0.1, 0.15) is 6.04 Å². The topological polar surface area (TPSA) is 52.7 Å². The molecule has 0 aliphatic carbocycles. The number of carbonyl (C=O) groups is 2. The fraction of sp³-hybridized carbons (Fsp3) is 0.222. The standard InChI is InChI=1S/C18H16Cl3N3O2/c1-11-17(25)24(14-5-6-15(20)16(21)10-14)8-7-23(11)18(26)22-13-4-2-3-12(19)9-13/h2-6,9-11H,7-8H2,1H3,(H,22,26). The molecule has 0 radical (unpaired) electrons. The Labute approximate surface area is 166 Å². The summed E-state index contributed by atoms with van der Waals surface area (Å²) in [6, 6.07) is 10.9. The summed E-state index contributed by atoms with van der Waals surface area (Å²) in [6.07, 6.45) is 0. The Morgan fingerprint density at radius 2 is 1.85 bits per heavy atom. The first kappa shape index (κ1) is 18.8. The summed E-state index contributed by atoms with van der Waals surface area (Å²) in [7, 11) is 0. The summed E-state index contributed by atoms with van der Waals surface area (Å²) in [5, 5.41) is 4.10. The number of urea groups is 1. The lowest BCUT2D eigenvalue weighted by atomic mass is 10.1. The second-order valence-electron chi connectivity index (χ2n) is 5.90. The third-order valence-corrected chi connectivity index (χ3v) is 5.18. The van der Waals surface area contributed by atoms with Gasteiger partial charge in [-0.3, -0.25) is 4.79 Å². The molecule has 1 aliphatic heterocycles. The van der Waals surface area contributed by atoms with Crippen LogP contribution in [0.5, 0.6) is 0 Å². The third-order valence-electron chi connectivity index (χ3n) is 4.21. The maximum atomic E-state index is 12.8. The van der Waals surface area contributed by atoms with Crippen molar-refractivity contribution in [1.82, 2.24) is 4.90 Å². The molecule has 5 nitrogen and oxygen atoms in total. The minimum atomic E-state index is -0.614. The van der Waals surface area contributed by atoms with Gasteiger partial charge in [-0.25, -0.2) is 4.79 Å². The van der Waals surface area contributed by atoms with E-state index in [1.54, 1.807) is 54.3 Å². The van der Waals surface area contributed by atoms with Gasteiger partial charge < -0.3 is 15.1 Å². The van der Waals surface area contributed by atoms with E-state index in [4.69, 9.17) is 34.8 Å². The Kier molecular flexibility index (Phi) is 5.61. The fourth-order valence-corrected chi connectivity index (χ4v) is 3.30. The molecule has 3 rings (SSSR count). The first-order valence-corrected chi connectivity index (χ1v) is 9.10.